The van der Waals surface area contributed by atoms with Crippen molar-refractivity contribution in [3.8, 4) is 0 Å². The van der Waals surface area contributed by atoms with E-state index in [1.807, 2.05) is 5.32 Å². The first-order valence-corrected chi connectivity index (χ1v) is 5.70. The summed E-state index contributed by atoms with van der Waals surface area (Å²) in [6.07, 6.45) is -3.61. The molecule has 19 heavy (non-hydrogen) atoms. The highest BCUT2D eigenvalue weighted by molar-refractivity contribution is 8.18. The monoisotopic (exact) mass is 291 g/mol. The molecular formula is C11H5F4NO2S. The predicted octanol–water partition coefficient (Wildman–Crippen LogP) is 3.17. The first-order valence-electron chi connectivity index (χ1n) is 4.89. The fourth-order valence-corrected chi connectivity index (χ4v) is 2.06. The zero-order chi connectivity index (χ0) is 14.2. The molecule has 2 amide bonds. The van der Waals surface area contributed by atoms with Crippen molar-refractivity contribution in [2.45, 2.75) is 6.18 Å². The topological polar surface area (TPSA) is 46.2 Å². The SMILES string of the molecule is O=C1NC(=O)C(=Cc2ccc(C(F)(F)F)cc2F)S1. The van der Waals surface area contributed by atoms with Crippen molar-refractivity contribution in [3.05, 3.63) is 40.0 Å². The van der Waals surface area contributed by atoms with Gasteiger partial charge in [-0.2, -0.15) is 13.2 Å². The summed E-state index contributed by atoms with van der Waals surface area (Å²) >= 11 is 0.560. The number of carbonyl (C=O) groups excluding carboxylic acids is 2. The summed E-state index contributed by atoms with van der Waals surface area (Å²) in [5, 5.41) is 1.35. The molecule has 0 saturated carbocycles. The van der Waals surface area contributed by atoms with Gasteiger partial charge in [0.05, 0.1) is 10.5 Å². The highest BCUT2D eigenvalue weighted by atomic mass is 32.2. The second-order valence-electron chi connectivity index (χ2n) is 3.59. The van der Waals surface area contributed by atoms with Gasteiger partial charge in [-0.25, -0.2) is 4.39 Å². The number of hydrogen-bond acceptors (Lipinski definition) is 3. The van der Waals surface area contributed by atoms with Crippen LogP contribution in [0.3, 0.4) is 0 Å². The third-order valence-corrected chi connectivity index (χ3v) is 3.07. The summed E-state index contributed by atoms with van der Waals surface area (Å²) in [7, 11) is 0. The van der Waals surface area contributed by atoms with Crippen molar-refractivity contribution >= 4 is 29.0 Å². The van der Waals surface area contributed by atoms with Crippen LogP contribution in [0.2, 0.25) is 0 Å². The van der Waals surface area contributed by atoms with Crippen molar-refractivity contribution in [3.63, 3.8) is 0 Å². The molecule has 1 aromatic carbocycles. The zero-order valence-electron chi connectivity index (χ0n) is 9.05. The molecule has 8 heteroatoms. The first-order chi connectivity index (χ1) is 8.77. The van der Waals surface area contributed by atoms with Gasteiger partial charge in [-0.3, -0.25) is 14.9 Å². The molecule has 0 unspecified atom stereocenters. The fourth-order valence-electron chi connectivity index (χ4n) is 1.38. The van der Waals surface area contributed by atoms with E-state index in [9.17, 15) is 27.2 Å². The Kier molecular flexibility index (Phi) is 3.36. The molecule has 0 spiro atoms. The lowest BCUT2D eigenvalue weighted by Gasteiger charge is -2.07. The first kappa shape index (κ1) is 13.6. The van der Waals surface area contributed by atoms with Gasteiger partial charge in [0.25, 0.3) is 11.1 Å². The molecule has 0 bridgehead atoms. The van der Waals surface area contributed by atoms with Crippen LogP contribution in [0.5, 0.6) is 0 Å². The second kappa shape index (κ2) is 4.69. The number of nitrogens with one attached hydrogen (secondary N) is 1. The van der Waals surface area contributed by atoms with Gasteiger partial charge in [0, 0.05) is 5.56 Å². The Balaban J connectivity index is 2.35. The van der Waals surface area contributed by atoms with Crippen molar-refractivity contribution in [1.82, 2.24) is 5.32 Å². The van der Waals surface area contributed by atoms with Gasteiger partial charge >= 0.3 is 6.18 Å². The molecule has 1 aromatic rings. The normalized spacial score (nSPS) is 18.0. The number of amides is 2. The standard InChI is InChI=1S/C11H5F4NO2S/c12-7-4-6(11(13,14)15)2-1-5(7)3-8-9(17)16-10(18)19-8/h1-4H,(H,16,17,18). The van der Waals surface area contributed by atoms with Crippen LogP contribution in [0.15, 0.2) is 23.1 Å². The molecular weight excluding hydrogens is 286 g/mol. The molecule has 1 saturated heterocycles. The maximum Gasteiger partial charge on any atom is 0.416 e. The Bertz CT molecular complexity index is 595. The highest BCUT2D eigenvalue weighted by Crippen LogP contribution is 2.31. The van der Waals surface area contributed by atoms with Gasteiger partial charge in [0.15, 0.2) is 0 Å². The third kappa shape index (κ3) is 2.95. The molecule has 100 valence electrons. The molecule has 0 atom stereocenters. The number of hydrogen-bond donors (Lipinski definition) is 1. The summed E-state index contributed by atoms with van der Waals surface area (Å²) in [5.74, 6) is -1.82. The minimum Gasteiger partial charge on any atom is -0.282 e. The Hall–Kier alpha value is -1.83. The van der Waals surface area contributed by atoms with Crippen LogP contribution in [0.1, 0.15) is 11.1 Å². The quantitative estimate of drug-likeness (QED) is 0.638. The van der Waals surface area contributed by atoms with Crippen molar-refractivity contribution in [2.75, 3.05) is 0 Å². The van der Waals surface area contributed by atoms with Crippen LogP contribution in [0, 0.1) is 5.82 Å². The van der Waals surface area contributed by atoms with E-state index in [0.29, 0.717) is 23.9 Å². The zero-order valence-corrected chi connectivity index (χ0v) is 9.86. The fraction of sp³-hybridized carbons (Fsp3) is 0.0909. The molecule has 1 aliphatic rings. The number of thioether (sulfide) groups is 1. The largest absolute Gasteiger partial charge is 0.416 e. The average Bonchev–Trinajstić information content (AvgIpc) is 2.59. The van der Waals surface area contributed by atoms with Crippen LogP contribution in [-0.4, -0.2) is 11.1 Å². The van der Waals surface area contributed by atoms with Crippen LogP contribution >= 0.6 is 11.8 Å². The molecule has 0 radical (unpaired) electrons. The van der Waals surface area contributed by atoms with E-state index in [1.165, 1.54) is 0 Å². The number of imide groups is 1. The maximum absolute atomic E-state index is 13.5. The number of carbonyl (C=O) groups is 2. The molecule has 0 aliphatic carbocycles. The minimum absolute atomic E-state index is 0.0661. The van der Waals surface area contributed by atoms with Gasteiger partial charge in [0.2, 0.25) is 0 Å². The highest BCUT2D eigenvalue weighted by Gasteiger charge is 2.31. The van der Waals surface area contributed by atoms with Crippen molar-refractivity contribution < 1.29 is 27.2 Å². The lowest BCUT2D eigenvalue weighted by Crippen LogP contribution is -2.17. The number of rotatable bonds is 1. The Morgan fingerprint density at radius 1 is 1.21 bits per heavy atom. The molecule has 0 aromatic heterocycles. The van der Waals surface area contributed by atoms with Crippen LogP contribution in [0.4, 0.5) is 22.4 Å². The average molecular weight is 291 g/mol. The van der Waals surface area contributed by atoms with E-state index in [1.54, 1.807) is 0 Å². The predicted molar refractivity (Wildman–Crippen MR) is 60.5 cm³/mol. The molecule has 2 rings (SSSR count). The van der Waals surface area contributed by atoms with Gasteiger partial charge in [-0.05, 0) is 30.0 Å². The van der Waals surface area contributed by atoms with E-state index in [2.05, 4.69) is 0 Å². The Labute approximate surface area is 108 Å². The number of benzene rings is 1. The van der Waals surface area contributed by atoms with Crippen LogP contribution in [0.25, 0.3) is 6.08 Å². The Morgan fingerprint density at radius 2 is 1.89 bits per heavy atom. The molecule has 3 nitrogen and oxygen atoms in total. The van der Waals surface area contributed by atoms with Gasteiger partial charge < -0.3 is 0 Å². The van der Waals surface area contributed by atoms with Gasteiger partial charge in [-0.1, -0.05) is 6.07 Å². The molecule has 1 aliphatic heterocycles. The third-order valence-electron chi connectivity index (χ3n) is 2.26. The van der Waals surface area contributed by atoms with E-state index >= 15 is 0 Å². The molecule has 1 fully saturated rings. The summed E-state index contributed by atoms with van der Waals surface area (Å²) in [4.78, 5) is 22.0. The summed E-state index contributed by atoms with van der Waals surface area (Å²) < 4.78 is 50.5. The molecule has 1 N–H and O–H groups in total. The number of alkyl halides is 3. The summed E-state index contributed by atoms with van der Waals surface area (Å²) in [5.41, 5.74) is -1.31. The lowest BCUT2D eigenvalue weighted by atomic mass is 10.1. The second-order valence-corrected chi connectivity index (χ2v) is 4.60. The lowest BCUT2D eigenvalue weighted by molar-refractivity contribution is -0.137. The van der Waals surface area contributed by atoms with E-state index < -0.39 is 28.7 Å². The van der Waals surface area contributed by atoms with Gasteiger partial charge in [-0.15, -0.1) is 0 Å². The minimum atomic E-state index is -4.64. The Morgan fingerprint density at radius 3 is 2.37 bits per heavy atom. The van der Waals surface area contributed by atoms with E-state index in [4.69, 9.17) is 0 Å². The maximum atomic E-state index is 13.5. The number of halogens is 4. The van der Waals surface area contributed by atoms with Crippen molar-refractivity contribution in [2.24, 2.45) is 0 Å². The van der Waals surface area contributed by atoms with E-state index in [0.717, 1.165) is 12.1 Å². The van der Waals surface area contributed by atoms with Gasteiger partial charge in [0.1, 0.15) is 5.82 Å². The molecule has 1 heterocycles. The van der Waals surface area contributed by atoms with Crippen LogP contribution in [-0.2, 0) is 11.0 Å². The van der Waals surface area contributed by atoms with Crippen molar-refractivity contribution in [1.29, 1.82) is 0 Å². The van der Waals surface area contributed by atoms with E-state index in [-0.39, 0.29) is 10.5 Å². The van der Waals surface area contributed by atoms with Crippen LogP contribution < -0.4 is 5.32 Å². The smallest absolute Gasteiger partial charge is 0.282 e. The summed E-state index contributed by atoms with van der Waals surface area (Å²) in [6, 6.07) is 1.95. The summed E-state index contributed by atoms with van der Waals surface area (Å²) in [6.45, 7) is 0.